The van der Waals surface area contributed by atoms with Gasteiger partial charge in [-0.1, -0.05) is 42.5 Å². The van der Waals surface area contributed by atoms with Crippen molar-refractivity contribution in [3.63, 3.8) is 0 Å². The maximum Gasteiger partial charge on any atom is 0.323 e. The lowest BCUT2D eigenvalue weighted by molar-refractivity contribution is -0.116. The first-order chi connectivity index (χ1) is 15.0. The molecule has 31 heavy (non-hydrogen) atoms. The molecular weight excluding hydrogens is 392 g/mol. The van der Waals surface area contributed by atoms with Crippen LogP contribution in [0.2, 0.25) is 0 Å². The summed E-state index contributed by atoms with van der Waals surface area (Å²) in [7, 11) is 0. The van der Waals surface area contributed by atoms with Gasteiger partial charge < -0.3 is 21.3 Å². The number of para-hydroxylation sites is 1. The van der Waals surface area contributed by atoms with Gasteiger partial charge in [-0.25, -0.2) is 4.79 Å². The second-order valence-electron chi connectivity index (χ2n) is 6.89. The Morgan fingerprint density at radius 1 is 0.710 bits per heavy atom. The van der Waals surface area contributed by atoms with E-state index in [-0.39, 0.29) is 30.8 Å². The fourth-order valence-corrected chi connectivity index (χ4v) is 2.93. The zero-order chi connectivity index (χ0) is 22.1. The monoisotopic (exact) mass is 416 g/mol. The zero-order valence-corrected chi connectivity index (χ0v) is 17.1. The molecule has 3 aromatic rings. The highest BCUT2D eigenvalue weighted by Crippen LogP contribution is 2.16. The minimum Gasteiger partial charge on any atom is -0.352 e. The highest BCUT2D eigenvalue weighted by molar-refractivity contribution is 6.00. The van der Waals surface area contributed by atoms with E-state index in [0.29, 0.717) is 22.6 Å². The molecule has 0 atom stereocenters. The van der Waals surface area contributed by atoms with Crippen LogP contribution in [0.25, 0.3) is 0 Å². The second kappa shape index (κ2) is 10.6. The Morgan fingerprint density at radius 2 is 1.32 bits per heavy atom. The summed E-state index contributed by atoms with van der Waals surface area (Å²) in [4.78, 5) is 36.5. The number of aryl methyl sites for hydroxylation is 1. The summed E-state index contributed by atoms with van der Waals surface area (Å²) in [6.07, 6.45) is 0.129. The molecule has 0 aromatic heterocycles. The molecular formula is C24H24N4O3. The molecule has 0 spiro atoms. The van der Waals surface area contributed by atoms with Gasteiger partial charge in [-0.2, -0.15) is 0 Å². The summed E-state index contributed by atoms with van der Waals surface area (Å²) in [5, 5.41) is 11.0. The second-order valence-corrected chi connectivity index (χ2v) is 6.89. The molecule has 0 heterocycles. The fourth-order valence-electron chi connectivity index (χ4n) is 2.93. The number of carbonyl (C=O) groups excluding carboxylic acids is 3. The van der Waals surface area contributed by atoms with Crippen LogP contribution in [0, 0.1) is 6.92 Å². The predicted octanol–water partition coefficient (Wildman–Crippen LogP) is 4.40. The Kier molecular flexibility index (Phi) is 7.37. The molecule has 0 radical (unpaired) electrons. The highest BCUT2D eigenvalue weighted by Gasteiger charge is 2.09. The third-order valence-corrected chi connectivity index (χ3v) is 4.46. The van der Waals surface area contributed by atoms with Crippen LogP contribution in [0.1, 0.15) is 22.3 Å². The van der Waals surface area contributed by atoms with E-state index < -0.39 is 0 Å². The fraction of sp³-hybridized carbons (Fsp3) is 0.125. The van der Waals surface area contributed by atoms with Crippen molar-refractivity contribution >= 4 is 34.9 Å². The Bertz CT molecular complexity index is 1070. The first-order valence-corrected chi connectivity index (χ1v) is 9.88. The molecule has 158 valence electrons. The molecule has 0 saturated carbocycles. The van der Waals surface area contributed by atoms with Gasteiger partial charge in [0.2, 0.25) is 5.91 Å². The summed E-state index contributed by atoms with van der Waals surface area (Å²) in [5.41, 5.74) is 3.24. The zero-order valence-electron chi connectivity index (χ0n) is 17.1. The molecule has 4 amide bonds. The van der Waals surface area contributed by atoms with Crippen molar-refractivity contribution < 1.29 is 14.4 Å². The van der Waals surface area contributed by atoms with Gasteiger partial charge in [0.1, 0.15) is 0 Å². The molecule has 3 aromatic carbocycles. The molecule has 4 N–H and O–H groups in total. The van der Waals surface area contributed by atoms with Crippen LogP contribution in [0.15, 0.2) is 78.9 Å². The molecule has 0 aliphatic rings. The van der Waals surface area contributed by atoms with Gasteiger partial charge in [-0.05, 0) is 48.9 Å². The van der Waals surface area contributed by atoms with Gasteiger partial charge in [0, 0.05) is 35.6 Å². The van der Waals surface area contributed by atoms with Crippen LogP contribution in [0.5, 0.6) is 0 Å². The summed E-state index contributed by atoms with van der Waals surface area (Å²) < 4.78 is 0. The van der Waals surface area contributed by atoms with Gasteiger partial charge in [0.15, 0.2) is 0 Å². The minimum absolute atomic E-state index is 0.129. The number of nitrogens with one attached hydrogen (secondary N) is 4. The largest absolute Gasteiger partial charge is 0.352 e. The number of urea groups is 1. The van der Waals surface area contributed by atoms with Crippen LogP contribution >= 0.6 is 0 Å². The van der Waals surface area contributed by atoms with Gasteiger partial charge >= 0.3 is 6.03 Å². The molecule has 0 fully saturated rings. The highest BCUT2D eigenvalue weighted by atomic mass is 16.2. The SMILES string of the molecule is Cc1ccccc1C(=O)NCCC(=O)Nc1cccc(NC(=O)Nc2ccccc2)c1. The number of carbonyl (C=O) groups is 3. The number of anilines is 3. The topological polar surface area (TPSA) is 99.3 Å². The lowest BCUT2D eigenvalue weighted by Crippen LogP contribution is -2.28. The lowest BCUT2D eigenvalue weighted by atomic mass is 10.1. The van der Waals surface area contributed by atoms with E-state index in [9.17, 15) is 14.4 Å². The number of hydrogen-bond donors (Lipinski definition) is 4. The van der Waals surface area contributed by atoms with Crippen LogP contribution in [-0.4, -0.2) is 24.4 Å². The van der Waals surface area contributed by atoms with Crippen LogP contribution in [-0.2, 0) is 4.79 Å². The van der Waals surface area contributed by atoms with Gasteiger partial charge in [-0.15, -0.1) is 0 Å². The third-order valence-electron chi connectivity index (χ3n) is 4.46. The van der Waals surface area contributed by atoms with Crippen molar-refractivity contribution in [2.75, 3.05) is 22.5 Å². The number of hydrogen-bond acceptors (Lipinski definition) is 3. The summed E-state index contributed by atoms with van der Waals surface area (Å²) in [6, 6.07) is 22.8. The minimum atomic E-state index is -0.381. The van der Waals surface area contributed by atoms with Crippen molar-refractivity contribution in [1.29, 1.82) is 0 Å². The molecule has 0 bridgehead atoms. The van der Waals surface area contributed by atoms with Gasteiger partial charge in [-0.3, -0.25) is 9.59 Å². The molecule has 0 unspecified atom stereocenters. The number of benzene rings is 3. The smallest absolute Gasteiger partial charge is 0.323 e. The molecule has 0 aliphatic heterocycles. The molecule has 0 saturated heterocycles. The van der Waals surface area contributed by atoms with Crippen molar-refractivity contribution in [2.45, 2.75) is 13.3 Å². The van der Waals surface area contributed by atoms with E-state index >= 15 is 0 Å². The molecule has 3 rings (SSSR count). The van der Waals surface area contributed by atoms with Crippen molar-refractivity contribution in [2.24, 2.45) is 0 Å². The normalized spacial score (nSPS) is 10.1. The number of amides is 4. The Labute approximate surface area is 180 Å². The average molecular weight is 416 g/mol. The molecule has 7 heteroatoms. The van der Waals surface area contributed by atoms with E-state index in [4.69, 9.17) is 0 Å². The first kappa shape index (κ1) is 21.6. The van der Waals surface area contributed by atoms with Crippen LogP contribution in [0.3, 0.4) is 0 Å². The van der Waals surface area contributed by atoms with Gasteiger partial charge in [0.05, 0.1) is 0 Å². The maximum atomic E-state index is 12.2. The predicted molar refractivity (Wildman–Crippen MR) is 122 cm³/mol. The lowest BCUT2D eigenvalue weighted by Gasteiger charge is -2.10. The summed E-state index contributed by atoms with van der Waals surface area (Å²) in [5.74, 6) is -0.447. The van der Waals surface area contributed by atoms with E-state index in [1.807, 2.05) is 37.3 Å². The quantitative estimate of drug-likeness (QED) is 0.459. The standard InChI is InChI=1S/C24H24N4O3/c1-17-8-5-6-13-21(17)23(30)25-15-14-22(29)26-19-11-7-12-20(16-19)28-24(31)27-18-9-3-2-4-10-18/h2-13,16H,14-15H2,1H3,(H,25,30)(H,26,29)(H2,27,28,31). The van der Waals surface area contributed by atoms with E-state index in [1.54, 1.807) is 48.5 Å². The molecule has 0 aliphatic carbocycles. The van der Waals surface area contributed by atoms with Crippen molar-refractivity contribution in [3.8, 4) is 0 Å². The first-order valence-electron chi connectivity index (χ1n) is 9.88. The third kappa shape index (κ3) is 6.71. The van der Waals surface area contributed by atoms with E-state index in [1.165, 1.54) is 0 Å². The van der Waals surface area contributed by atoms with Crippen LogP contribution < -0.4 is 21.3 Å². The van der Waals surface area contributed by atoms with E-state index in [2.05, 4.69) is 21.3 Å². The Balaban J connectivity index is 1.46. The van der Waals surface area contributed by atoms with E-state index in [0.717, 1.165) is 5.56 Å². The Hall–Kier alpha value is -4.13. The summed E-state index contributed by atoms with van der Waals surface area (Å²) in [6.45, 7) is 2.08. The van der Waals surface area contributed by atoms with Crippen molar-refractivity contribution in [1.82, 2.24) is 5.32 Å². The average Bonchev–Trinajstić information content (AvgIpc) is 2.75. The molecule has 7 nitrogen and oxygen atoms in total. The summed E-state index contributed by atoms with van der Waals surface area (Å²) >= 11 is 0. The van der Waals surface area contributed by atoms with Crippen molar-refractivity contribution in [3.05, 3.63) is 90.0 Å². The van der Waals surface area contributed by atoms with Gasteiger partial charge in [0.25, 0.3) is 5.91 Å². The number of rotatable bonds is 7. The Morgan fingerprint density at radius 3 is 2.06 bits per heavy atom. The maximum absolute atomic E-state index is 12.2. The van der Waals surface area contributed by atoms with Crippen LogP contribution in [0.4, 0.5) is 21.9 Å².